The van der Waals surface area contributed by atoms with E-state index < -0.39 is 53.5 Å². The van der Waals surface area contributed by atoms with E-state index in [1.807, 2.05) is 0 Å². The smallest absolute Gasteiger partial charge is 0.481 e. The minimum atomic E-state index is -5.23. The second kappa shape index (κ2) is 5.96. The number of aliphatic carboxylic acids is 1. The molecule has 0 atom stereocenters. The average Bonchev–Trinajstić information content (AvgIpc) is 2.27. The minimum absolute atomic E-state index is 0.277. The van der Waals surface area contributed by atoms with E-state index in [-0.39, 0.29) is 6.07 Å². The zero-order chi connectivity index (χ0) is 16.4. The highest BCUT2D eigenvalue weighted by atomic mass is 35.5. The number of pyridine rings is 1. The number of halogens is 7. The van der Waals surface area contributed by atoms with Crippen LogP contribution in [0.1, 0.15) is 17.0 Å². The van der Waals surface area contributed by atoms with Crippen molar-refractivity contribution >= 4 is 17.6 Å². The maximum absolute atomic E-state index is 12.6. The summed E-state index contributed by atoms with van der Waals surface area (Å²) in [7, 11) is 0. The molecule has 1 heterocycles. The van der Waals surface area contributed by atoms with Crippen molar-refractivity contribution in [1.29, 1.82) is 0 Å². The molecule has 0 spiro atoms. The first kappa shape index (κ1) is 17.3. The van der Waals surface area contributed by atoms with Crippen molar-refractivity contribution in [2.45, 2.75) is 24.8 Å². The van der Waals surface area contributed by atoms with Gasteiger partial charge in [-0.1, -0.05) is 0 Å². The van der Waals surface area contributed by atoms with E-state index in [2.05, 4.69) is 9.72 Å². The first-order chi connectivity index (χ1) is 9.44. The molecule has 1 aromatic rings. The number of hydrogen-bond acceptors (Lipinski definition) is 3. The number of hydrogen-bond donors (Lipinski definition) is 1. The Hall–Kier alpha value is -1.71. The quantitative estimate of drug-likeness (QED) is 0.676. The molecular weight excluding hydrogens is 332 g/mol. The van der Waals surface area contributed by atoms with Crippen LogP contribution in [-0.4, -0.2) is 22.4 Å². The van der Waals surface area contributed by atoms with Crippen molar-refractivity contribution < 1.29 is 41.0 Å². The minimum Gasteiger partial charge on any atom is -0.481 e. The summed E-state index contributed by atoms with van der Waals surface area (Å²) in [4.78, 5) is 13.4. The number of nitrogens with zero attached hydrogens (tertiary/aromatic N) is 1. The molecule has 21 heavy (non-hydrogen) atoms. The fourth-order valence-electron chi connectivity index (χ4n) is 1.39. The molecule has 0 saturated heterocycles. The largest absolute Gasteiger partial charge is 0.573 e. The van der Waals surface area contributed by atoms with Crippen LogP contribution in [0.15, 0.2) is 6.07 Å². The molecular formula is C10H6ClF6NO3. The highest BCUT2D eigenvalue weighted by Crippen LogP contribution is 2.36. The predicted molar refractivity (Wildman–Crippen MR) is 56.8 cm³/mol. The maximum atomic E-state index is 12.6. The third kappa shape index (κ3) is 4.96. The van der Waals surface area contributed by atoms with Gasteiger partial charge in [0.05, 0.1) is 18.0 Å². The molecule has 0 saturated carbocycles. The highest BCUT2D eigenvalue weighted by Gasteiger charge is 2.38. The van der Waals surface area contributed by atoms with Crippen LogP contribution >= 0.6 is 11.6 Å². The number of carbonyl (C=O) groups is 1. The normalized spacial score (nSPS) is 12.3. The average molecular weight is 338 g/mol. The molecule has 0 aliphatic rings. The Labute approximate surface area is 118 Å². The van der Waals surface area contributed by atoms with Crippen molar-refractivity contribution in [2.24, 2.45) is 0 Å². The van der Waals surface area contributed by atoms with Crippen LogP contribution in [0.2, 0.25) is 0 Å². The Morgan fingerprint density at radius 3 is 2.24 bits per heavy atom. The maximum Gasteiger partial charge on any atom is 0.573 e. The SMILES string of the molecule is O=C(O)Cc1nc(C(F)(F)F)cc(CCl)c1OC(F)(F)F. The van der Waals surface area contributed by atoms with Crippen molar-refractivity contribution in [2.75, 3.05) is 0 Å². The zero-order valence-corrected chi connectivity index (χ0v) is 10.6. The molecule has 4 nitrogen and oxygen atoms in total. The molecule has 11 heteroatoms. The molecule has 0 fully saturated rings. The molecule has 0 bridgehead atoms. The van der Waals surface area contributed by atoms with Gasteiger partial charge in [-0.25, -0.2) is 4.98 Å². The van der Waals surface area contributed by atoms with Gasteiger partial charge in [-0.2, -0.15) is 13.2 Å². The first-order valence-electron chi connectivity index (χ1n) is 5.07. The number of ether oxygens (including phenoxy) is 1. The summed E-state index contributed by atoms with van der Waals surface area (Å²) in [6.45, 7) is 0. The van der Waals surface area contributed by atoms with Crippen molar-refractivity contribution in [3.8, 4) is 5.75 Å². The Morgan fingerprint density at radius 2 is 1.86 bits per heavy atom. The molecule has 1 N–H and O–H groups in total. The number of aromatic nitrogens is 1. The summed E-state index contributed by atoms with van der Waals surface area (Å²) < 4.78 is 78.0. The van der Waals surface area contributed by atoms with Gasteiger partial charge >= 0.3 is 18.5 Å². The first-order valence-corrected chi connectivity index (χ1v) is 5.61. The molecule has 0 aromatic carbocycles. The van der Waals surface area contributed by atoms with Crippen LogP contribution in [0.25, 0.3) is 0 Å². The fourth-order valence-corrected chi connectivity index (χ4v) is 1.59. The Kier molecular flexibility index (Phi) is 4.92. The third-order valence-electron chi connectivity index (χ3n) is 2.09. The Balaban J connectivity index is 3.47. The van der Waals surface area contributed by atoms with Crippen LogP contribution in [-0.2, 0) is 23.3 Å². The lowest BCUT2D eigenvalue weighted by Gasteiger charge is -2.17. The number of rotatable bonds is 4. The van der Waals surface area contributed by atoms with Crippen molar-refractivity contribution in [1.82, 2.24) is 4.98 Å². The van der Waals surface area contributed by atoms with Gasteiger partial charge in [0.25, 0.3) is 0 Å². The fraction of sp³-hybridized carbons (Fsp3) is 0.400. The third-order valence-corrected chi connectivity index (χ3v) is 2.38. The molecule has 118 valence electrons. The molecule has 0 aliphatic heterocycles. The summed E-state index contributed by atoms with van der Waals surface area (Å²) in [5.74, 6) is -3.55. The molecule has 0 amide bonds. The van der Waals surface area contributed by atoms with Gasteiger partial charge in [-0.3, -0.25) is 4.79 Å². The zero-order valence-electron chi connectivity index (χ0n) is 9.85. The highest BCUT2D eigenvalue weighted by molar-refractivity contribution is 6.17. The summed E-state index contributed by atoms with van der Waals surface area (Å²) in [6.07, 6.45) is -11.4. The van der Waals surface area contributed by atoms with Gasteiger partial charge in [-0.15, -0.1) is 24.8 Å². The molecule has 1 rings (SSSR count). The number of alkyl halides is 7. The van der Waals surface area contributed by atoms with Gasteiger partial charge in [0.15, 0.2) is 5.75 Å². The molecule has 0 aliphatic carbocycles. The lowest BCUT2D eigenvalue weighted by molar-refractivity contribution is -0.275. The van der Waals surface area contributed by atoms with Crippen LogP contribution in [0.3, 0.4) is 0 Å². The van der Waals surface area contributed by atoms with E-state index in [0.717, 1.165) is 0 Å². The lowest BCUT2D eigenvalue weighted by atomic mass is 10.1. The Bertz CT molecular complexity index is 543. The van der Waals surface area contributed by atoms with Gasteiger partial charge < -0.3 is 9.84 Å². The van der Waals surface area contributed by atoms with Crippen molar-refractivity contribution in [3.63, 3.8) is 0 Å². The summed E-state index contributed by atoms with van der Waals surface area (Å²) in [6, 6.07) is 0.277. The van der Waals surface area contributed by atoms with Gasteiger partial charge in [0.2, 0.25) is 0 Å². The Morgan fingerprint density at radius 1 is 1.29 bits per heavy atom. The monoisotopic (exact) mass is 337 g/mol. The van der Waals surface area contributed by atoms with E-state index in [1.165, 1.54) is 0 Å². The summed E-state index contributed by atoms with van der Waals surface area (Å²) in [5.41, 5.74) is -3.22. The number of carboxylic acid groups (broad SMARTS) is 1. The van der Waals surface area contributed by atoms with Crippen molar-refractivity contribution in [3.05, 3.63) is 23.0 Å². The van der Waals surface area contributed by atoms with Crippen LogP contribution in [0.4, 0.5) is 26.3 Å². The summed E-state index contributed by atoms with van der Waals surface area (Å²) in [5, 5.41) is 8.56. The predicted octanol–water partition coefficient (Wildman–Crippen LogP) is 3.36. The van der Waals surface area contributed by atoms with E-state index in [0.29, 0.717) is 0 Å². The summed E-state index contributed by atoms with van der Waals surface area (Å²) >= 11 is 5.30. The van der Waals surface area contributed by atoms with Gasteiger partial charge in [0.1, 0.15) is 5.69 Å². The van der Waals surface area contributed by atoms with Crippen LogP contribution in [0.5, 0.6) is 5.75 Å². The van der Waals surface area contributed by atoms with Crippen LogP contribution in [0, 0.1) is 0 Å². The second-order valence-electron chi connectivity index (χ2n) is 3.69. The van der Waals surface area contributed by atoms with E-state index in [9.17, 15) is 31.1 Å². The standard InChI is InChI=1S/C10H6ClF6NO3/c11-3-4-1-6(9(12,13)14)18-5(2-7(19)20)8(4)21-10(15,16)17/h1H,2-3H2,(H,19,20). The van der Waals surface area contributed by atoms with E-state index in [1.54, 1.807) is 0 Å². The lowest BCUT2D eigenvalue weighted by Crippen LogP contribution is -2.22. The number of carboxylic acids is 1. The molecule has 1 aromatic heterocycles. The molecule has 0 unspecified atom stereocenters. The van der Waals surface area contributed by atoms with Gasteiger partial charge in [0, 0.05) is 5.56 Å². The molecule has 0 radical (unpaired) electrons. The van der Waals surface area contributed by atoms with Gasteiger partial charge in [-0.05, 0) is 6.07 Å². The van der Waals surface area contributed by atoms with E-state index in [4.69, 9.17) is 16.7 Å². The van der Waals surface area contributed by atoms with E-state index >= 15 is 0 Å². The second-order valence-corrected chi connectivity index (χ2v) is 3.96. The van der Waals surface area contributed by atoms with Crippen LogP contribution < -0.4 is 4.74 Å². The topological polar surface area (TPSA) is 59.4 Å².